The van der Waals surface area contributed by atoms with Crippen molar-refractivity contribution in [3.63, 3.8) is 0 Å². The van der Waals surface area contributed by atoms with E-state index in [4.69, 9.17) is 5.73 Å². The van der Waals surface area contributed by atoms with Crippen LogP contribution in [-0.4, -0.2) is 69.5 Å². The molecule has 6 aromatic heterocycles. The number of sulfone groups is 3. The van der Waals surface area contributed by atoms with Gasteiger partial charge >= 0.3 is 0 Å². The summed E-state index contributed by atoms with van der Waals surface area (Å²) in [6.45, 7) is 20.3. The summed E-state index contributed by atoms with van der Waals surface area (Å²) in [6.07, 6.45) is 3.22. The molecule has 16 nitrogen and oxygen atoms in total. The van der Waals surface area contributed by atoms with Crippen LogP contribution in [0.2, 0.25) is 0 Å². The second-order valence-electron chi connectivity index (χ2n) is 26.3. The molecule has 12 rings (SSSR count). The van der Waals surface area contributed by atoms with Crippen LogP contribution in [0.15, 0.2) is 191 Å². The summed E-state index contributed by atoms with van der Waals surface area (Å²) in [6, 6.07) is 44.1. The Balaban J connectivity index is 0.000000155. The molecular formula is C72H72F4N10O6S3. The van der Waals surface area contributed by atoms with Crippen molar-refractivity contribution in [2.45, 2.75) is 131 Å². The second kappa shape index (κ2) is 26.4. The van der Waals surface area contributed by atoms with Crippen molar-refractivity contribution >= 4 is 68.0 Å². The number of hydrogen-bond donors (Lipinski definition) is 1. The van der Waals surface area contributed by atoms with Gasteiger partial charge in [-0.2, -0.15) is 15.3 Å². The number of nitrogens with two attached hydrogens (primary N) is 1. The highest BCUT2D eigenvalue weighted by Crippen LogP contribution is 2.34. The average Bonchev–Trinajstić information content (AvgIpc) is 1.76. The molecule has 0 atom stereocenters. The lowest BCUT2D eigenvalue weighted by Crippen LogP contribution is -2.15. The third kappa shape index (κ3) is 15.2. The quantitative estimate of drug-likeness (QED) is 0.106. The first-order valence-corrected chi connectivity index (χ1v) is 35.2. The number of benzene rings is 6. The normalized spacial score (nSPS) is 12.4. The third-order valence-corrected chi connectivity index (χ3v) is 20.8. The van der Waals surface area contributed by atoms with Gasteiger partial charge in [-0.05, 0) is 168 Å². The number of nitrogens with zero attached hydrogens (tertiary/aromatic N) is 9. The minimum atomic E-state index is -3.92. The van der Waals surface area contributed by atoms with E-state index in [2.05, 4.69) is 51.0 Å². The fraction of sp³-hybridized carbons (Fsp3) is 0.250. The van der Waals surface area contributed by atoms with Gasteiger partial charge < -0.3 is 5.73 Å². The van der Waals surface area contributed by atoms with Gasteiger partial charge in [-0.25, -0.2) is 61.8 Å². The van der Waals surface area contributed by atoms with Crippen molar-refractivity contribution in [2.75, 3.05) is 5.73 Å². The van der Waals surface area contributed by atoms with Gasteiger partial charge in [0.25, 0.3) is 0 Å². The number of aryl methyl sites for hydroxylation is 2. The minimum absolute atomic E-state index is 0.0548. The molecule has 6 aromatic carbocycles. The van der Waals surface area contributed by atoms with Crippen LogP contribution >= 0.6 is 0 Å². The van der Waals surface area contributed by atoms with Crippen LogP contribution in [0.4, 0.5) is 23.4 Å². The zero-order valence-corrected chi connectivity index (χ0v) is 56.8. The number of fused-ring (bicyclic) bond motifs is 3. The highest BCUT2D eigenvalue weighted by atomic mass is 32.2. The van der Waals surface area contributed by atoms with Gasteiger partial charge in [0.15, 0.2) is 29.5 Å². The Hall–Kier alpha value is -9.45. The Morgan fingerprint density at radius 3 is 1.40 bits per heavy atom. The van der Waals surface area contributed by atoms with Gasteiger partial charge in [0.05, 0.1) is 99.7 Å². The maximum atomic E-state index is 14.7. The van der Waals surface area contributed by atoms with Gasteiger partial charge in [-0.15, -0.1) is 0 Å². The number of aromatic nitrogens is 9. The molecule has 0 aliphatic heterocycles. The van der Waals surface area contributed by atoms with Crippen LogP contribution < -0.4 is 5.73 Å². The first-order valence-electron chi connectivity index (χ1n) is 30.3. The van der Waals surface area contributed by atoms with Crippen LogP contribution in [0.25, 0.3) is 49.8 Å². The van der Waals surface area contributed by atoms with Gasteiger partial charge in [-0.1, -0.05) is 98.7 Å². The lowest BCUT2D eigenvalue weighted by atomic mass is 9.87. The number of hydrogen-bond acceptors (Lipinski definition) is 13. The van der Waals surface area contributed by atoms with Crippen molar-refractivity contribution in [1.82, 2.24) is 44.3 Å². The van der Waals surface area contributed by atoms with E-state index >= 15 is 0 Å². The lowest BCUT2D eigenvalue weighted by molar-refractivity contribution is 0.473. The maximum absolute atomic E-state index is 14.7. The van der Waals surface area contributed by atoms with Crippen LogP contribution in [0, 0.1) is 31.3 Å². The van der Waals surface area contributed by atoms with E-state index in [-0.39, 0.29) is 48.8 Å². The van der Waals surface area contributed by atoms with Crippen LogP contribution in [0.5, 0.6) is 0 Å². The molecule has 492 valence electrons. The molecule has 0 unspecified atom stereocenters. The highest BCUT2D eigenvalue weighted by Gasteiger charge is 2.28. The van der Waals surface area contributed by atoms with Gasteiger partial charge in [0.2, 0.25) is 0 Å². The van der Waals surface area contributed by atoms with Crippen molar-refractivity contribution in [1.29, 1.82) is 0 Å². The van der Waals surface area contributed by atoms with E-state index in [0.29, 0.717) is 78.7 Å². The van der Waals surface area contributed by atoms with Crippen molar-refractivity contribution < 1.29 is 42.8 Å². The lowest BCUT2D eigenvalue weighted by Gasteiger charge is -2.20. The van der Waals surface area contributed by atoms with E-state index in [1.54, 1.807) is 95.4 Å². The van der Waals surface area contributed by atoms with E-state index < -0.39 is 64.4 Å². The highest BCUT2D eigenvalue weighted by molar-refractivity contribution is 7.91. The maximum Gasteiger partial charge on any atom is 0.184 e. The standard InChI is InChI=1S/C24H23F2N3O2S.C24H25FN4O2S.C24H24FN3O2S/c1-24(2,3)20-10-9-18(13-21(20)26)32(30,31)15-17-12-16(14-25)28-29(17)23-8-4-7-22-19(23)6-5-11-27-22;1-15-12-16(14-32(30,31)17-8-10-19(20(25)13-17)24(2,3)4)29(28-15)22-7-5-6-21-18(22)9-11-23(26)27-21;1-16-13-19(15-31(29,30)20-8-5-17(6-9-20)24(2,3)4)28(27-16)23-11-12-26-22-14-18(25)7-10-21(22)23/h4-13H,14-15H2,1-3H3;5-13H,14H2,1-4H3,(H2,26,27);5-14H,15H2,1-4H3. The number of nitrogen functional groups attached to an aromatic ring is 1. The molecule has 0 spiro atoms. The molecular weight excluding hydrogens is 1270 g/mol. The monoisotopic (exact) mass is 1340 g/mol. The fourth-order valence-corrected chi connectivity index (χ4v) is 15.0. The number of alkyl halides is 1. The zero-order chi connectivity index (χ0) is 68.7. The van der Waals surface area contributed by atoms with Crippen molar-refractivity contribution in [3.8, 4) is 17.1 Å². The Morgan fingerprint density at radius 2 is 0.884 bits per heavy atom. The summed E-state index contributed by atoms with van der Waals surface area (Å²) in [5.74, 6) is -2.05. The molecule has 2 N–H and O–H groups in total. The molecule has 0 fully saturated rings. The SMILES string of the molecule is CC(C)(C)c1ccc(S(=O)(=O)Cc2cc(CF)nn2-c2cccc3ncccc23)cc1F.Cc1cc(CS(=O)(=O)c2ccc(C(C)(C)C)c(F)c2)n(-c2cccc3nc(N)ccc23)n1.Cc1cc(CS(=O)(=O)c2ccc(C(C)(C)C)cc2)n(-c2ccnc3cc(F)ccc23)n1. The summed E-state index contributed by atoms with van der Waals surface area (Å²) < 4.78 is 140. The molecule has 12 aromatic rings. The Morgan fingerprint density at radius 1 is 0.432 bits per heavy atom. The van der Waals surface area contributed by atoms with Crippen molar-refractivity contribution in [3.05, 3.63) is 244 Å². The Kier molecular flexibility index (Phi) is 19.0. The third-order valence-electron chi connectivity index (χ3n) is 15.8. The Bertz CT molecular complexity index is 5240. The number of anilines is 1. The van der Waals surface area contributed by atoms with Crippen LogP contribution in [-0.2, 0) is 69.7 Å². The molecule has 0 bridgehead atoms. The van der Waals surface area contributed by atoms with E-state index in [0.717, 1.165) is 28.5 Å². The van der Waals surface area contributed by atoms with E-state index in [1.807, 2.05) is 97.0 Å². The molecule has 95 heavy (non-hydrogen) atoms. The molecule has 0 aliphatic carbocycles. The first-order chi connectivity index (χ1) is 44.6. The second-order valence-corrected chi connectivity index (χ2v) is 32.3. The van der Waals surface area contributed by atoms with E-state index in [1.165, 1.54) is 41.1 Å². The van der Waals surface area contributed by atoms with Crippen LogP contribution in [0.3, 0.4) is 0 Å². The molecule has 0 radical (unpaired) electrons. The topological polar surface area (TPSA) is 221 Å². The first kappa shape index (κ1) is 68.4. The smallest absolute Gasteiger partial charge is 0.184 e. The van der Waals surface area contributed by atoms with Crippen molar-refractivity contribution in [2.24, 2.45) is 0 Å². The van der Waals surface area contributed by atoms with Gasteiger partial charge in [0.1, 0.15) is 29.9 Å². The summed E-state index contributed by atoms with van der Waals surface area (Å²) >= 11 is 0. The van der Waals surface area contributed by atoms with E-state index in [9.17, 15) is 42.8 Å². The summed E-state index contributed by atoms with van der Waals surface area (Å²) in [4.78, 5) is 12.9. The fourth-order valence-electron chi connectivity index (χ4n) is 11.1. The number of rotatable bonds is 13. The average molecular weight is 1350 g/mol. The number of pyridine rings is 3. The minimum Gasteiger partial charge on any atom is -0.384 e. The largest absolute Gasteiger partial charge is 0.384 e. The molecule has 6 heterocycles. The summed E-state index contributed by atoms with van der Waals surface area (Å²) in [5.41, 5.74) is 13.5. The number of halogens is 4. The zero-order valence-electron chi connectivity index (χ0n) is 54.4. The Labute approximate surface area is 550 Å². The summed E-state index contributed by atoms with van der Waals surface area (Å²) in [5, 5.41) is 15.5. The predicted molar refractivity (Wildman–Crippen MR) is 363 cm³/mol. The molecule has 0 aliphatic rings. The molecule has 0 saturated carbocycles. The molecule has 0 saturated heterocycles. The summed E-state index contributed by atoms with van der Waals surface area (Å²) in [7, 11) is -11.3. The molecule has 23 heteroatoms. The van der Waals surface area contributed by atoms with Gasteiger partial charge in [0, 0.05) is 34.6 Å². The predicted octanol–water partition coefficient (Wildman–Crippen LogP) is 15.2. The van der Waals surface area contributed by atoms with Crippen LogP contribution in [0.1, 0.15) is 113 Å². The van der Waals surface area contributed by atoms with Gasteiger partial charge in [-0.3, -0.25) is 9.97 Å². The molecule has 0 amide bonds.